The summed E-state index contributed by atoms with van der Waals surface area (Å²) in [6.07, 6.45) is 0.898. The fourth-order valence-corrected chi connectivity index (χ4v) is 2.94. The Labute approximate surface area is 111 Å². The minimum Gasteiger partial charge on any atom is -0.496 e. The number of methoxy groups -OCH3 is 1. The van der Waals surface area contributed by atoms with Gasteiger partial charge >= 0.3 is 0 Å². The molecule has 1 aliphatic heterocycles. The Morgan fingerprint density at radius 1 is 1.53 bits per heavy atom. The SMILES string of the molecule is CNC1COCCc2c(OC)cc(C)c(Br)c21. The lowest BCUT2D eigenvalue weighted by molar-refractivity contribution is 0.123. The molecule has 1 aliphatic rings. The maximum absolute atomic E-state index is 5.64. The van der Waals surface area contributed by atoms with E-state index in [1.807, 2.05) is 7.05 Å². The standard InChI is InChI=1S/C13H18BrNO2/c1-8-6-11(16-3)9-4-5-17-7-10(15-2)12(9)13(8)14/h6,10,15H,4-5,7H2,1-3H3. The summed E-state index contributed by atoms with van der Waals surface area (Å²) in [6.45, 7) is 3.54. The first-order valence-electron chi connectivity index (χ1n) is 5.80. The van der Waals surface area contributed by atoms with Crippen molar-refractivity contribution in [1.29, 1.82) is 0 Å². The van der Waals surface area contributed by atoms with Crippen LogP contribution in [-0.2, 0) is 11.2 Å². The van der Waals surface area contributed by atoms with Crippen LogP contribution in [0, 0.1) is 6.92 Å². The summed E-state index contributed by atoms with van der Waals surface area (Å²) < 4.78 is 12.3. The molecule has 1 aromatic carbocycles. The molecule has 1 N–H and O–H groups in total. The van der Waals surface area contributed by atoms with Gasteiger partial charge in [0.05, 0.1) is 26.4 Å². The Kier molecular flexibility index (Phi) is 4.07. The van der Waals surface area contributed by atoms with Crippen LogP contribution in [-0.4, -0.2) is 27.4 Å². The highest BCUT2D eigenvalue weighted by molar-refractivity contribution is 9.10. The summed E-state index contributed by atoms with van der Waals surface area (Å²) in [5, 5.41) is 3.31. The van der Waals surface area contributed by atoms with Crippen molar-refractivity contribution >= 4 is 15.9 Å². The molecule has 17 heavy (non-hydrogen) atoms. The molecule has 3 nitrogen and oxygen atoms in total. The number of fused-ring (bicyclic) bond motifs is 1. The Morgan fingerprint density at radius 2 is 2.29 bits per heavy atom. The number of rotatable bonds is 2. The third-order valence-corrected chi connectivity index (χ3v) is 4.30. The monoisotopic (exact) mass is 299 g/mol. The zero-order chi connectivity index (χ0) is 12.4. The first-order valence-corrected chi connectivity index (χ1v) is 6.59. The molecule has 0 aromatic heterocycles. The summed E-state index contributed by atoms with van der Waals surface area (Å²) in [5.41, 5.74) is 3.73. The van der Waals surface area contributed by atoms with E-state index in [1.54, 1.807) is 7.11 Å². The van der Waals surface area contributed by atoms with Gasteiger partial charge in [-0.15, -0.1) is 0 Å². The number of likely N-dealkylation sites (N-methyl/N-ethyl adjacent to an activating group) is 1. The molecule has 94 valence electrons. The second-order valence-electron chi connectivity index (χ2n) is 4.27. The molecule has 0 spiro atoms. The van der Waals surface area contributed by atoms with Gasteiger partial charge < -0.3 is 14.8 Å². The maximum Gasteiger partial charge on any atom is 0.122 e. The summed E-state index contributed by atoms with van der Waals surface area (Å²) in [7, 11) is 3.69. The zero-order valence-electron chi connectivity index (χ0n) is 10.5. The summed E-state index contributed by atoms with van der Waals surface area (Å²) in [5.74, 6) is 0.964. The van der Waals surface area contributed by atoms with Crippen molar-refractivity contribution in [2.24, 2.45) is 0 Å². The fourth-order valence-electron chi connectivity index (χ4n) is 2.31. The molecule has 0 saturated carbocycles. The molecule has 0 amide bonds. The van der Waals surface area contributed by atoms with E-state index < -0.39 is 0 Å². The van der Waals surface area contributed by atoms with Crippen LogP contribution < -0.4 is 10.1 Å². The highest BCUT2D eigenvalue weighted by Crippen LogP contribution is 2.37. The first-order chi connectivity index (χ1) is 8.19. The van der Waals surface area contributed by atoms with E-state index in [0.29, 0.717) is 6.61 Å². The van der Waals surface area contributed by atoms with Crippen LogP contribution in [0.3, 0.4) is 0 Å². The largest absolute Gasteiger partial charge is 0.496 e. The van der Waals surface area contributed by atoms with E-state index in [4.69, 9.17) is 9.47 Å². The Bertz CT molecular complexity index is 420. The summed E-state index contributed by atoms with van der Waals surface area (Å²) in [6, 6.07) is 2.30. The fraction of sp³-hybridized carbons (Fsp3) is 0.538. The molecule has 1 heterocycles. The molecule has 0 saturated heterocycles. The van der Waals surface area contributed by atoms with E-state index >= 15 is 0 Å². The molecule has 1 unspecified atom stereocenters. The number of nitrogens with one attached hydrogen (secondary N) is 1. The van der Waals surface area contributed by atoms with E-state index in [1.165, 1.54) is 16.7 Å². The van der Waals surface area contributed by atoms with Gasteiger partial charge in [0.25, 0.3) is 0 Å². The van der Waals surface area contributed by atoms with E-state index in [0.717, 1.165) is 23.2 Å². The number of hydrogen-bond acceptors (Lipinski definition) is 3. The molecule has 0 radical (unpaired) electrons. The maximum atomic E-state index is 5.64. The smallest absolute Gasteiger partial charge is 0.122 e. The molecular formula is C13H18BrNO2. The van der Waals surface area contributed by atoms with Crippen LogP contribution >= 0.6 is 15.9 Å². The quantitative estimate of drug-likeness (QED) is 0.910. The normalized spacial score (nSPS) is 19.6. The van der Waals surface area contributed by atoms with Gasteiger partial charge in [0.1, 0.15) is 5.75 Å². The van der Waals surface area contributed by atoms with Crippen LogP contribution in [0.25, 0.3) is 0 Å². The predicted octanol–water partition coefficient (Wildman–Crippen LogP) is 2.60. The molecule has 0 aliphatic carbocycles. The molecule has 1 atom stereocenters. The molecule has 2 rings (SSSR count). The number of halogens is 1. The van der Waals surface area contributed by atoms with Gasteiger partial charge in [0.2, 0.25) is 0 Å². The van der Waals surface area contributed by atoms with Crippen molar-refractivity contribution in [3.05, 3.63) is 27.2 Å². The Balaban J connectivity index is 2.62. The van der Waals surface area contributed by atoms with Crippen molar-refractivity contribution in [2.75, 3.05) is 27.4 Å². The van der Waals surface area contributed by atoms with Crippen molar-refractivity contribution < 1.29 is 9.47 Å². The van der Waals surface area contributed by atoms with Gasteiger partial charge in [-0.2, -0.15) is 0 Å². The van der Waals surface area contributed by atoms with Gasteiger partial charge in [0.15, 0.2) is 0 Å². The van der Waals surface area contributed by atoms with E-state index in [9.17, 15) is 0 Å². The third kappa shape index (κ3) is 2.34. The summed E-state index contributed by atoms with van der Waals surface area (Å²) >= 11 is 3.69. The highest BCUT2D eigenvalue weighted by atomic mass is 79.9. The zero-order valence-corrected chi connectivity index (χ0v) is 12.1. The summed E-state index contributed by atoms with van der Waals surface area (Å²) in [4.78, 5) is 0. The Morgan fingerprint density at radius 3 is 2.94 bits per heavy atom. The first kappa shape index (κ1) is 12.9. The number of benzene rings is 1. The number of hydrogen-bond donors (Lipinski definition) is 1. The van der Waals surface area contributed by atoms with Gasteiger partial charge in [-0.05, 0) is 37.6 Å². The van der Waals surface area contributed by atoms with Crippen LogP contribution in [0.5, 0.6) is 5.75 Å². The average molecular weight is 300 g/mol. The van der Waals surface area contributed by atoms with Crippen molar-refractivity contribution in [1.82, 2.24) is 5.32 Å². The molecule has 4 heteroatoms. The molecule has 0 fully saturated rings. The second-order valence-corrected chi connectivity index (χ2v) is 5.06. The minimum atomic E-state index is 0.218. The van der Waals surface area contributed by atoms with Crippen LogP contribution in [0.2, 0.25) is 0 Å². The van der Waals surface area contributed by atoms with Gasteiger partial charge in [0, 0.05) is 10.0 Å². The predicted molar refractivity (Wildman–Crippen MR) is 71.8 cm³/mol. The van der Waals surface area contributed by atoms with Crippen molar-refractivity contribution in [3.8, 4) is 5.75 Å². The molecule has 1 aromatic rings. The van der Waals surface area contributed by atoms with Crippen LogP contribution in [0.15, 0.2) is 10.5 Å². The van der Waals surface area contributed by atoms with Gasteiger partial charge in [-0.1, -0.05) is 15.9 Å². The number of aryl methyl sites for hydroxylation is 1. The topological polar surface area (TPSA) is 30.5 Å². The lowest BCUT2D eigenvalue weighted by Gasteiger charge is -2.21. The van der Waals surface area contributed by atoms with Gasteiger partial charge in [-0.25, -0.2) is 0 Å². The van der Waals surface area contributed by atoms with E-state index in [-0.39, 0.29) is 6.04 Å². The van der Waals surface area contributed by atoms with Crippen molar-refractivity contribution in [2.45, 2.75) is 19.4 Å². The molecular weight excluding hydrogens is 282 g/mol. The van der Waals surface area contributed by atoms with Crippen LogP contribution in [0.1, 0.15) is 22.7 Å². The van der Waals surface area contributed by atoms with E-state index in [2.05, 4.69) is 34.2 Å². The number of ether oxygens (including phenoxy) is 2. The van der Waals surface area contributed by atoms with Crippen molar-refractivity contribution in [3.63, 3.8) is 0 Å². The lowest BCUT2D eigenvalue weighted by Crippen LogP contribution is -2.22. The van der Waals surface area contributed by atoms with Crippen LogP contribution in [0.4, 0.5) is 0 Å². The second kappa shape index (κ2) is 5.38. The average Bonchev–Trinajstić information content (AvgIpc) is 2.56. The Hall–Kier alpha value is -0.580. The van der Waals surface area contributed by atoms with Gasteiger partial charge in [-0.3, -0.25) is 0 Å². The minimum absolute atomic E-state index is 0.218. The highest BCUT2D eigenvalue weighted by Gasteiger charge is 2.24. The third-order valence-electron chi connectivity index (χ3n) is 3.25. The molecule has 0 bridgehead atoms. The lowest BCUT2D eigenvalue weighted by atomic mass is 9.96.